The minimum absolute atomic E-state index is 0.292. The quantitative estimate of drug-likeness (QED) is 0.874. The molecule has 18 heavy (non-hydrogen) atoms. The smallest absolute Gasteiger partial charge is 0.278 e. The Hall–Kier alpha value is -2.37. The van der Waals surface area contributed by atoms with E-state index in [0.717, 1.165) is 0 Å². The summed E-state index contributed by atoms with van der Waals surface area (Å²) in [6.45, 7) is 0. The van der Waals surface area contributed by atoms with Crippen LogP contribution in [0.2, 0.25) is 0 Å². The highest BCUT2D eigenvalue weighted by Crippen LogP contribution is 2.18. The van der Waals surface area contributed by atoms with E-state index in [-0.39, 0.29) is 11.7 Å². The summed E-state index contributed by atoms with van der Waals surface area (Å²) in [5, 5.41) is 3.91. The number of nitrogens with two attached hydrogens (primary N) is 1. The van der Waals surface area contributed by atoms with Crippen molar-refractivity contribution in [3.05, 3.63) is 42.0 Å². The molecule has 1 heterocycles. The number of halogens is 1. The fourth-order valence-electron chi connectivity index (χ4n) is 1.66. The van der Waals surface area contributed by atoms with E-state index < -0.39 is 0 Å². The van der Waals surface area contributed by atoms with Crippen molar-refractivity contribution in [2.45, 2.75) is 0 Å². The van der Waals surface area contributed by atoms with Gasteiger partial charge >= 0.3 is 0 Å². The van der Waals surface area contributed by atoms with Crippen LogP contribution in [0.5, 0.6) is 0 Å². The lowest BCUT2D eigenvalue weighted by molar-refractivity contribution is 0.0985. The van der Waals surface area contributed by atoms with Gasteiger partial charge in [-0.25, -0.2) is 4.39 Å². The van der Waals surface area contributed by atoms with Gasteiger partial charge in [0.1, 0.15) is 11.5 Å². The lowest BCUT2D eigenvalue weighted by Gasteiger charge is -2.17. The Balaban J connectivity index is 2.32. The molecule has 1 aromatic carbocycles. The van der Waals surface area contributed by atoms with Gasteiger partial charge in [0.05, 0.1) is 11.9 Å². The Morgan fingerprint density at radius 2 is 2.00 bits per heavy atom. The van der Waals surface area contributed by atoms with Gasteiger partial charge in [-0.15, -0.1) is 0 Å². The number of hydrogen-bond acceptors (Lipinski definition) is 3. The number of hydrogen-bond donors (Lipinski definition) is 1. The molecule has 2 aromatic rings. The number of carbonyl (C=O) groups excluding carboxylic acids is 1. The second-order valence-electron chi connectivity index (χ2n) is 3.91. The van der Waals surface area contributed by atoms with Gasteiger partial charge in [-0.1, -0.05) is 0 Å². The third-order valence-corrected chi connectivity index (χ3v) is 2.69. The van der Waals surface area contributed by atoms with Crippen LogP contribution in [0.15, 0.2) is 30.5 Å². The van der Waals surface area contributed by atoms with Crippen molar-refractivity contribution in [3.8, 4) is 0 Å². The van der Waals surface area contributed by atoms with Crippen molar-refractivity contribution in [1.29, 1.82) is 0 Å². The highest BCUT2D eigenvalue weighted by atomic mass is 19.1. The minimum atomic E-state index is -0.348. The van der Waals surface area contributed by atoms with Crippen LogP contribution in [0.1, 0.15) is 10.5 Å². The molecule has 0 aliphatic carbocycles. The molecule has 0 aliphatic rings. The van der Waals surface area contributed by atoms with Crippen molar-refractivity contribution in [2.75, 3.05) is 17.7 Å². The lowest BCUT2D eigenvalue weighted by atomic mass is 10.2. The maximum atomic E-state index is 12.8. The standard InChI is InChI=1S/C12H13FN4O/c1-16(9-5-3-8(13)4-6-9)12(18)11-10(14)7-15-17(11)2/h3-7H,14H2,1-2H3. The summed E-state index contributed by atoms with van der Waals surface area (Å²) < 4.78 is 14.2. The van der Waals surface area contributed by atoms with Gasteiger partial charge in [0, 0.05) is 19.8 Å². The zero-order valence-corrected chi connectivity index (χ0v) is 10.1. The van der Waals surface area contributed by atoms with Crippen molar-refractivity contribution in [3.63, 3.8) is 0 Å². The van der Waals surface area contributed by atoms with Crippen molar-refractivity contribution >= 4 is 17.3 Å². The van der Waals surface area contributed by atoms with E-state index in [2.05, 4.69) is 5.10 Å². The normalized spacial score (nSPS) is 10.4. The summed E-state index contributed by atoms with van der Waals surface area (Å²) >= 11 is 0. The first-order chi connectivity index (χ1) is 8.50. The van der Waals surface area contributed by atoms with E-state index in [4.69, 9.17) is 5.73 Å². The number of aryl methyl sites for hydroxylation is 1. The van der Waals surface area contributed by atoms with E-state index in [1.54, 1.807) is 14.1 Å². The molecule has 0 aliphatic heterocycles. The van der Waals surface area contributed by atoms with Crippen LogP contribution in [0, 0.1) is 5.82 Å². The number of benzene rings is 1. The molecule has 0 atom stereocenters. The predicted octanol–water partition coefficient (Wildman–Crippen LogP) is 1.42. The van der Waals surface area contributed by atoms with Crippen LogP contribution in [-0.4, -0.2) is 22.7 Å². The second kappa shape index (κ2) is 4.48. The summed E-state index contributed by atoms with van der Waals surface area (Å²) in [5.41, 5.74) is 6.90. The molecule has 0 fully saturated rings. The molecule has 0 spiro atoms. The van der Waals surface area contributed by atoms with E-state index in [1.807, 2.05) is 0 Å². The van der Waals surface area contributed by atoms with Crippen LogP contribution in [0.3, 0.4) is 0 Å². The molecule has 94 valence electrons. The zero-order valence-electron chi connectivity index (χ0n) is 10.1. The first-order valence-corrected chi connectivity index (χ1v) is 5.32. The van der Waals surface area contributed by atoms with Crippen LogP contribution in [-0.2, 0) is 7.05 Å². The van der Waals surface area contributed by atoms with E-state index in [9.17, 15) is 9.18 Å². The molecule has 0 saturated heterocycles. The topological polar surface area (TPSA) is 64.2 Å². The van der Waals surface area contributed by atoms with Gasteiger partial charge in [0.25, 0.3) is 5.91 Å². The number of aromatic nitrogens is 2. The molecular weight excluding hydrogens is 235 g/mol. The Kier molecular flexibility index (Phi) is 3.01. The first-order valence-electron chi connectivity index (χ1n) is 5.32. The predicted molar refractivity (Wildman–Crippen MR) is 66.8 cm³/mol. The number of anilines is 2. The van der Waals surface area contributed by atoms with Gasteiger partial charge in [-0.3, -0.25) is 9.48 Å². The van der Waals surface area contributed by atoms with Crippen molar-refractivity contribution in [2.24, 2.45) is 7.05 Å². The molecule has 1 aromatic heterocycles. The van der Waals surface area contributed by atoms with Crippen LogP contribution in [0.25, 0.3) is 0 Å². The SMILES string of the molecule is CN(C(=O)c1c(N)cnn1C)c1ccc(F)cc1. The molecule has 2 rings (SSSR count). The molecular formula is C12H13FN4O. The number of amides is 1. The molecule has 6 heteroatoms. The van der Waals surface area contributed by atoms with Gasteiger partial charge in [-0.2, -0.15) is 5.10 Å². The lowest BCUT2D eigenvalue weighted by Crippen LogP contribution is -2.28. The Bertz CT molecular complexity index is 557. The van der Waals surface area contributed by atoms with E-state index in [0.29, 0.717) is 17.1 Å². The van der Waals surface area contributed by atoms with E-state index in [1.165, 1.54) is 40.0 Å². The molecule has 0 unspecified atom stereocenters. The number of nitrogen functional groups attached to an aromatic ring is 1. The van der Waals surface area contributed by atoms with E-state index >= 15 is 0 Å². The Labute approximate surface area is 104 Å². The molecule has 0 bridgehead atoms. The third kappa shape index (κ3) is 2.04. The van der Waals surface area contributed by atoms with Crippen LogP contribution in [0.4, 0.5) is 15.8 Å². The monoisotopic (exact) mass is 248 g/mol. The van der Waals surface area contributed by atoms with Gasteiger partial charge in [0.2, 0.25) is 0 Å². The largest absolute Gasteiger partial charge is 0.396 e. The highest BCUT2D eigenvalue weighted by Gasteiger charge is 2.20. The second-order valence-corrected chi connectivity index (χ2v) is 3.91. The summed E-state index contributed by atoms with van der Waals surface area (Å²) in [6.07, 6.45) is 1.42. The number of nitrogens with zero attached hydrogens (tertiary/aromatic N) is 3. The summed E-state index contributed by atoms with van der Waals surface area (Å²) in [7, 11) is 3.24. The Morgan fingerprint density at radius 1 is 1.39 bits per heavy atom. The summed E-state index contributed by atoms with van der Waals surface area (Å²) in [4.78, 5) is 13.6. The van der Waals surface area contributed by atoms with Crippen molar-refractivity contribution < 1.29 is 9.18 Å². The average Bonchev–Trinajstić information content (AvgIpc) is 2.68. The fourth-order valence-corrected chi connectivity index (χ4v) is 1.66. The summed E-state index contributed by atoms with van der Waals surface area (Å²) in [5.74, 6) is -0.640. The fraction of sp³-hybridized carbons (Fsp3) is 0.167. The van der Waals surface area contributed by atoms with Crippen molar-refractivity contribution in [1.82, 2.24) is 9.78 Å². The summed E-state index contributed by atoms with van der Waals surface area (Å²) in [6, 6.07) is 5.65. The molecule has 1 amide bonds. The van der Waals surface area contributed by atoms with Gasteiger partial charge in [0.15, 0.2) is 0 Å². The third-order valence-electron chi connectivity index (χ3n) is 2.69. The molecule has 2 N–H and O–H groups in total. The first kappa shape index (κ1) is 12.1. The maximum absolute atomic E-state index is 12.8. The molecule has 5 nitrogen and oxygen atoms in total. The molecule has 0 radical (unpaired) electrons. The van der Waals surface area contributed by atoms with Gasteiger partial charge in [-0.05, 0) is 24.3 Å². The maximum Gasteiger partial charge on any atom is 0.278 e. The highest BCUT2D eigenvalue weighted by molar-refractivity contribution is 6.07. The van der Waals surface area contributed by atoms with Crippen LogP contribution < -0.4 is 10.6 Å². The Morgan fingerprint density at radius 3 is 2.50 bits per heavy atom. The molecule has 0 saturated carbocycles. The number of carbonyl (C=O) groups is 1. The minimum Gasteiger partial charge on any atom is -0.396 e. The zero-order chi connectivity index (χ0) is 13.3. The van der Waals surface area contributed by atoms with Crippen LogP contribution >= 0.6 is 0 Å². The average molecular weight is 248 g/mol. The number of rotatable bonds is 2. The van der Waals surface area contributed by atoms with Gasteiger partial charge < -0.3 is 10.6 Å².